The molecule has 0 amide bonds. The molecule has 0 fully saturated rings. The van der Waals surface area contributed by atoms with Crippen molar-refractivity contribution in [1.29, 1.82) is 0 Å². The van der Waals surface area contributed by atoms with Gasteiger partial charge in [0.15, 0.2) is 0 Å². The molecule has 1 heterocycles. The Labute approximate surface area is 82.4 Å². The van der Waals surface area contributed by atoms with Crippen molar-refractivity contribution in [2.24, 2.45) is 0 Å². The Morgan fingerprint density at radius 3 is 2.71 bits per heavy atom. The van der Waals surface area contributed by atoms with Gasteiger partial charge in [-0.15, -0.1) is 0 Å². The van der Waals surface area contributed by atoms with Crippen LogP contribution in [0.25, 0.3) is 0 Å². The molecule has 5 nitrogen and oxygen atoms in total. The van der Waals surface area contributed by atoms with E-state index in [1.165, 1.54) is 0 Å². The third-order valence-corrected chi connectivity index (χ3v) is 2.15. The van der Waals surface area contributed by atoms with Crippen LogP contribution in [-0.2, 0) is 10.3 Å². The molecular weight excluding hydrogens is 184 g/mol. The van der Waals surface area contributed by atoms with Gasteiger partial charge in [-0.2, -0.15) is 4.98 Å². The van der Waals surface area contributed by atoms with Crippen LogP contribution in [0.5, 0.6) is 0 Å². The monoisotopic (exact) mass is 198 g/mol. The molecule has 0 radical (unpaired) electrons. The second-order valence-electron chi connectivity index (χ2n) is 3.09. The molecule has 0 aliphatic heterocycles. The van der Waals surface area contributed by atoms with Gasteiger partial charge in [0.25, 0.3) is 5.89 Å². The summed E-state index contributed by atoms with van der Waals surface area (Å²) in [4.78, 5) is 14.3. The van der Waals surface area contributed by atoms with Gasteiger partial charge in [0.1, 0.15) is 5.60 Å². The summed E-state index contributed by atoms with van der Waals surface area (Å²) in [5, 5.41) is 3.71. The van der Waals surface area contributed by atoms with Gasteiger partial charge in [-0.05, 0) is 20.3 Å². The largest absolute Gasteiger partial charge is 0.367 e. The lowest BCUT2D eigenvalue weighted by Gasteiger charge is -2.23. The van der Waals surface area contributed by atoms with E-state index < -0.39 is 5.60 Å². The van der Waals surface area contributed by atoms with Crippen molar-refractivity contribution >= 4 is 6.29 Å². The van der Waals surface area contributed by atoms with E-state index in [2.05, 4.69) is 10.1 Å². The van der Waals surface area contributed by atoms with Crippen molar-refractivity contribution in [2.75, 3.05) is 6.61 Å². The summed E-state index contributed by atoms with van der Waals surface area (Å²) in [5.74, 6) is 0.406. The van der Waals surface area contributed by atoms with Crippen molar-refractivity contribution in [3.63, 3.8) is 0 Å². The van der Waals surface area contributed by atoms with E-state index in [0.29, 0.717) is 18.7 Å². The van der Waals surface area contributed by atoms with Crippen LogP contribution in [0.15, 0.2) is 4.52 Å². The number of carbonyl (C=O) groups is 1. The molecule has 0 aliphatic rings. The summed E-state index contributed by atoms with van der Waals surface area (Å²) in [6.07, 6.45) is 1.25. The highest BCUT2D eigenvalue weighted by molar-refractivity contribution is 5.67. The lowest BCUT2D eigenvalue weighted by atomic mass is 10.0. The Kier molecular flexibility index (Phi) is 3.35. The molecule has 0 bridgehead atoms. The topological polar surface area (TPSA) is 65.2 Å². The van der Waals surface area contributed by atoms with Crippen LogP contribution in [0, 0.1) is 0 Å². The standard InChI is InChI=1S/C9H14N2O3/c1-4-9(3,13-5-2)8-10-7(6-12)14-11-8/h6H,4-5H2,1-3H3. The van der Waals surface area contributed by atoms with E-state index in [9.17, 15) is 4.79 Å². The highest BCUT2D eigenvalue weighted by Gasteiger charge is 2.30. The minimum Gasteiger partial charge on any atom is -0.367 e. The van der Waals surface area contributed by atoms with Crippen LogP contribution in [0.2, 0.25) is 0 Å². The Balaban J connectivity index is 2.93. The van der Waals surface area contributed by atoms with Gasteiger partial charge in [-0.3, -0.25) is 4.79 Å². The van der Waals surface area contributed by atoms with E-state index >= 15 is 0 Å². The maximum absolute atomic E-state index is 10.4. The second kappa shape index (κ2) is 4.32. The van der Waals surface area contributed by atoms with E-state index in [0.717, 1.165) is 6.42 Å². The average Bonchev–Trinajstić information content (AvgIpc) is 2.66. The van der Waals surface area contributed by atoms with E-state index in [-0.39, 0.29) is 5.89 Å². The van der Waals surface area contributed by atoms with Crippen LogP contribution >= 0.6 is 0 Å². The van der Waals surface area contributed by atoms with Gasteiger partial charge >= 0.3 is 0 Å². The van der Waals surface area contributed by atoms with Gasteiger partial charge in [0.05, 0.1) is 0 Å². The third-order valence-electron chi connectivity index (χ3n) is 2.15. The summed E-state index contributed by atoms with van der Waals surface area (Å²) in [5.41, 5.74) is -0.570. The number of hydrogen-bond donors (Lipinski definition) is 0. The number of hydrogen-bond acceptors (Lipinski definition) is 5. The van der Waals surface area contributed by atoms with E-state index in [4.69, 9.17) is 9.26 Å². The van der Waals surface area contributed by atoms with Crippen LogP contribution < -0.4 is 0 Å². The number of rotatable bonds is 5. The zero-order valence-electron chi connectivity index (χ0n) is 8.61. The first-order valence-corrected chi connectivity index (χ1v) is 4.59. The number of aromatic nitrogens is 2. The van der Waals surface area contributed by atoms with Crippen LogP contribution in [0.4, 0.5) is 0 Å². The molecular formula is C9H14N2O3. The maximum atomic E-state index is 10.4. The number of nitrogens with zero attached hydrogens (tertiary/aromatic N) is 2. The molecule has 1 rings (SSSR count). The fourth-order valence-electron chi connectivity index (χ4n) is 1.14. The molecule has 0 saturated carbocycles. The Morgan fingerprint density at radius 1 is 1.57 bits per heavy atom. The van der Waals surface area contributed by atoms with Gasteiger partial charge in [0, 0.05) is 6.61 Å². The van der Waals surface area contributed by atoms with Gasteiger partial charge < -0.3 is 9.26 Å². The SMILES string of the molecule is CCOC(C)(CC)c1noc(C=O)n1. The van der Waals surface area contributed by atoms with Crippen LogP contribution in [-0.4, -0.2) is 23.0 Å². The summed E-state index contributed by atoms with van der Waals surface area (Å²) < 4.78 is 10.2. The number of ether oxygens (including phenoxy) is 1. The van der Waals surface area contributed by atoms with E-state index in [1.54, 1.807) is 0 Å². The first kappa shape index (κ1) is 10.8. The first-order chi connectivity index (χ1) is 6.66. The molecule has 0 spiro atoms. The Bertz CT molecular complexity index is 311. The number of aldehydes is 1. The van der Waals surface area contributed by atoms with Crippen molar-refractivity contribution in [3.05, 3.63) is 11.7 Å². The fraction of sp³-hybridized carbons (Fsp3) is 0.667. The van der Waals surface area contributed by atoms with Crippen molar-refractivity contribution in [2.45, 2.75) is 32.8 Å². The minimum absolute atomic E-state index is 0.0145. The summed E-state index contributed by atoms with van der Waals surface area (Å²) in [6.45, 7) is 6.30. The zero-order valence-corrected chi connectivity index (χ0v) is 8.61. The minimum atomic E-state index is -0.570. The zero-order chi connectivity index (χ0) is 10.6. The highest BCUT2D eigenvalue weighted by atomic mass is 16.5. The molecule has 1 aromatic rings. The summed E-state index contributed by atoms with van der Waals surface area (Å²) in [7, 11) is 0. The third kappa shape index (κ3) is 1.98. The maximum Gasteiger partial charge on any atom is 0.290 e. The molecule has 0 saturated heterocycles. The first-order valence-electron chi connectivity index (χ1n) is 4.59. The molecule has 1 aromatic heterocycles. The molecule has 1 atom stereocenters. The van der Waals surface area contributed by atoms with Crippen molar-refractivity contribution in [3.8, 4) is 0 Å². The fourth-order valence-corrected chi connectivity index (χ4v) is 1.14. The average molecular weight is 198 g/mol. The van der Waals surface area contributed by atoms with Crippen molar-refractivity contribution in [1.82, 2.24) is 10.1 Å². The Morgan fingerprint density at radius 2 is 2.29 bits per heavy atom. The normalized spacial score (nSPS) is 15.1. The molecule has 78 valence electrons. The van der Waals surface area contributed by atoms with Gasteiger partial charge in [-0.1, -0.05) is 12.1 Å². The van der Waals surface area contributed by atoms with Gasteiger partial charge in [0.2, 0.25) is 12.1 Å². The second-order valence-corrected chi connectivity index (χ2v) is 3.09. The molecule has 0 N–H and O–H groups in total. The molecule has 1 unspecified atom stereocenters. The molecule has 0 aromatic carbocycles. The van der Waals surface area contributed by atoms with E-state index in [1.807, 2.05) is 20.8 Å². The molecule has 14 heavy (non-hydrogen) atoms. The quantitative estimate of drug-likeness (QED) is 0.671. The molecule has 5 heteroatoms. The number of carbonyl (C=O) groups excluding carboxylic acids is 1. The highest BCUT2D eigenvalue weighted by Crippen LogP contribution is 2.25. The predicted octanol–water partition coefficient (Wildman–Crippen LogP) is 1.54. The Hall–Kier alpha value is -1.23. The van der Waals surface area contributed by atoms with Gasteiger partial charge in [-0.25, -0.2) is 0 Å². The van der Waals surface area contributed by atoms with Crippen molar-refractivity contribution < 1.29 is 14.1 Å². The summed E-state index contributed by atoms with van der Waals surface area (Å²) >= 11 is 0. The predicted molar refractivity (Wildman–Crippen MR) is 49.0 cm³/mol. The smallest absolute Gasteiger partial charge is 0.290 e. The lowest BCUT2D eigenvalue weighted by Crippen LogP contribution is -2.26. The summed E-state index contributed by atoms with van der Waals surface area (Å²) in [6, 6.07) is 0. The lowest BCUT2D eigenvalue weighted by molar-refractivity contribution is -0.0403. The van der Waals surface area contributed by atoms with Crippen LogP contribution in [0.1, 0.15) is 43.7 Å². The molecule has 0 aliphatic carbocycles. The van der Waals surface area contributed by atoms with Crippen LogP contribution in [0.3, 0.4) is 0 Å².